The molecule has 0 bridgehead atoms. The molecule has 2 aromatic heterocycles. The molecule has 2 N–H and O–H groups in total. The van der Waals surface area contributed by atoms with E-state index in [0.717, 1.165) is 17.8 Å². The second-order valence-corrected chi connectivity index (χ2v) is 7.58. The van der Waals surface area contributed by atoms with Gasteiger partial charge in [0.2, 0.25) is 0 Å². The Bertz CT molecular complexity index is 1280. The molecule has 9 heteroatoms. The zero-order valence-electron chi connectivity index (χ0n) is 17.5. The Morgan fingerprint density at radius 1 is 1.16 bits per heavy atom. The number of benzene rings is 1. The highest BCUT2D eigenvalue weighted by Gasteiger charge is 2.28. The Hall–Kier alpha value is -4.14. The standard InChI is InChI=1S/C23H22N6O3/c1-25-23(31)29-9-7-17(13-20(29)24)27-10-11-32-19-12-16(14-26-21(19)27)22(30)28-8-6-15-4-2-3-5-18(15)28/h2-5,7,9,12-14,24H,6,8,10-11H2,1H3,(H,25,31). The van der Waals surface area contributed by atoms with E-state index >= 15 is 0 Å². The molecule has 5 rings (SSSR count). The minimum Gasteiger partial charge on any atom is -0.488 e. The fourth-order valence-electron chi connectivity index (χ4n) is 4.13. The Morgan fingerprint density at radius 3 is 2.81 bits per heavy atom. The van der Waals surface area contributed by atoms with Crippen LogP contribution < -0.4 is 25.3 Å². The minimum atomic E-state index is -0.381. The topological polar surface area (TPSA) is 104 Å². The van der Waals surface area contributed by atoms with Crippen LogP contribution in [0.15, 0.2) is 54.9 Å². The number of anilines is 3. The smallest absolute Gasteiger partial charge is 0.326 e. The zero-order chi connectivity index (χ0) is 22.2. The lowest BCUT2D eigenvalue weighted by Crippen LogP contribution is -2.35. The number of ether oxygens (including phenoxy) is 1. The van der Waals surface area contributed by atoms with Gasteiger partial charge in [0.15, 0.2) is 11.6 Å². The van der Waals surface area contributed by atoms with Crippen LogP contribution >= 0.6 is 0 Å². The highest BCUT2D eigenvalue weighted by molar-refractivity contribution is 6.07. The van der Waals surface area contributed by atoms with Crippen molar-refractivity contribution < 1.29 is 14.3 Å². The molecular formula is C23H22N6O3. The molecule has 9 nitrogen and oxygen atoms in total. The van der Waals surface area contributed by atoms with Crippen molar-refractivity contribution in [2.24, 2.45) is 0 Å². The van der Waals surface area contributed by atoms with Crippen molar-refractivity contribution in [3.05, 3.63) is 71.5 Å². The number of fused-ring (bicyclic) bond motifs is 2. The lowest BCUT2D eigenvalue weighted by Gasteiger charge is -2.30. The van der Waals surface area contributed by atoms with E-state index in [2.05, 4.69) is 10.3 Å². The molecule has 32 heavy (non-hydrogen) atoms. The molecule has 3 aromatic rings. The molecule has 0 spiro atoms. The monoisotopic (exact) mass is 430 g/mol. The van der Waals surface area contributed by atoms with E-state index in [0.29, 0.717) is 36.8 Å². The van der Waals surface area contributed by atoms with Crippen LogP contribution in [0.1, 0.15) is 15.9 Å². The Kier molecular flexibility index (Phi) is 4.85. The number of rotatable bonds is 2. The number of nitrogens with zero attached hydrogens (tertiary/aromatic N) is 4. The summed E-state index contributed by atoms with van der Waals surface area (Å²) in [4.78, 5) is 33.3. The second-order valence-electron chi connectivity index (χ2n) is 7.58. The number of hydrogen-bond acceptors (Lipinski definition) is 6. The van der Waals surface area contributed by atoms with Crippen molar-refractivity contribution >= 4 is 29.1 Å². The van der Waals surface area contributed by atoms with Gasteiger partial charge in [0.05, 0.1) is 12.1 Å². The van der Waals surface area contributed by atoms with Crippen LogP contribution in [0, 0.1) is 5.41 Å². The number of carbonyl (C=O) groups excluding carboxylic acids is 2. The molecule has 162 valence electrons. The predicted octanol–water partition coefficient (Wildman–Crippen LogP) is 2.28. The van der Waals surface area contributed by atoms with Gasteiger partial charge in [-0.25, -0.2) is 9.78 Å². The summed E-state index contributed by atoms with van der Waals surface area (Å²) in [6.45, 7) is 1.59. The van der Waals surface area contributed by atoms with Gasteiger partial charge in [-0.3, -0.25) is 14.8 Å². The Labute approximate surface area is 184 Å². The van der Waals surface area contributed by atoms with Crippen LogP contribution in [0.2, 0.25) is 0 Å². The van der Waals surface area contributed by atoms with Crippen LogP contribution in [0.25, 0.3) is 0 Å². The van der Waals surface area contributed by atoms with Crippen molar-refractivity contribution in [2.75, 3.05) is 36.5 Å². The normalized spacial score (nSPS) is 14.4. The minimum absolute atomic E-state index is 0.0504. The molecule has 4 heterocycles. The SMILES string of the molecule is CNC(=O)n1ccc(N2CCOc3cc(C(=O)N4CCc5ccccc54)cnc32)cc1=N. The van der Waals surface area contributed by atoms with E-state index in [-0.39, 0.29) is 17.4 Å². The van der Waals surface area contributed by atoms with Gasteiger partial charge < -0.3 is 19.9 Å². The molecular weight excluding hydrogens is 408 g/mol. The fourth-order valence-corrected chi connectivity index (χ4v) is 4.13. The fraction of sp³-hybridized carbons (Fsp3) is 0.217. The summed E-state index contributed by atoms with van der Waals surface area (Å²) < 4.78 is 7.03. The van der Waals surface area contributed by atoms with Crippen molar-refractivity contribution in [3.8, 4) is 5.75 Å². The third kappa shape index (κ3) is 3.27. The lowest BCUT2D eigenvalue weighted by molar-refractivity contribution is 0.0988. The molecule has 0 fully saturated rings. The summed E-state index contributed by atoms with van der Waals surface area (Å²) in [5.41, 5.74) is 3.34. The molecule has 1 aromatic carbocycles. The molecule has 2 aliphatic rings. The van der Waals surface area contributed by atoms with E-state index in [1.54, 1.807) is 35.5 Å². The first kappa shape index (κ1) is 19.8. The Balaban J connectivity index is 1.45. The van der Waals surface area contributed by atoms with Gasteiger partial charge in [-0.2, -0.15) is 0 Å². The largest absolute Gasteiger partial charge is 0.488 e. The summed E-state index contributed by atoms with van der Waals surface area (Å²) >= 11 is 0. The zero-order valence-corrected chi connectivity index (χ0v) is 17.5. The van der Waals surface area contributed by atoms with E-state index in [9.17, 15) is 9.59 Å². The third-order valence-corrected chi connectivity index (χ3v) is 5.72. The third-order valence-electron chi connectivity index (χ3n) is 5.72. The molecule has 0 saturated carbocycles. The van der Waals surface area contributed by atoms with Crippen LogP contribution in [-0.4, -0.2) is 48.2 Å². The molecule has 2 amide bonds. The van der Waals surface area contributed by atoms with Crippen LogP contribution in [0.3, 0.4) is 0 Å². The second kappa shape index (κ2) is 7.84. The molecule has 0 atom stereocenters. The lowest BCUT2D eigenvalue weighted by atomic mass is 10.1. The summed E-state index contributed by atoms with van der Waals surface area (Å²) in [7, 11) is 1.52. The van der Waals surface area contributed by atoms with Crippen LogP contribution in [-0.2, 0) is 6.42 Å². The van der Waals surface area contributed by atoms with Crippen molar-refractivity contribution in [1.29, 1.82) is 5.41 Å². The highest BCUT2D eigenvalue weighted by Crippen LogP contribution is 2.36. The molecule has 0 radical (unpaired) electrons. The van der Waals surface area contributed by atoms with Crippen LogP contribution in [0.5, 0.6) is 5.75 Å². The summed E-state index contributed by atoms with van der Waals surface area (Å²) in [5.74, 6) is 0.988. The van der Waals surface area contributed by atoms with Gasteiger partial charge in [-0.1, -0.05) is 18.2 Å². The van der Waals surface area contributed by atoms with Crippen molar-refractivity contribution in [2.45, 2.75) is 6.42 Å². The van der Waals surface area contributed by atoms with E-state index in [4.69, 9.17) is 10.1 Å². The number of para-hydroxylation sites is 1. The summed E-state index contributed by atoms with van der Waals surface area (Å²) in [5, 5.41) is 10.7. The van der Waals surface area contributed by atoms with Gasteiger partial charge in [0, 0.05) is 43.4 Å². The number of carbonyl (C=O) groups is 2. The van der Waals surface area contributed by atoms with E-state index in [1.165, 1.54) is 17.2 Å². The average molecular weight is 430 g/mol. The highest BCUT2D eigenvalue weighted by atomic mass is 16.5. The summed E-state index contributed by atoms with van der Waals surface area (Å²) in [6.07, 6.45) is 3.96. The van der Waals surface area contributed by atoms with Crippen molar-refractivity contribution in [1.82, 2.24) is 14.9 Å². The number of nitrogens with one attached hydrogen (secondary N) is 2. The van der Waals surface area contributed by atoms with Gasteiger partial charge >= 0.3 is 6.03 Å². The van der Waals surface area contributed by atoms with Gasteiger partial charge in [0.1, 0.15) is 12.1 Å². The molecule has 0 unspecified atom stereocenters. The Morgan fingerprint density at radius 2 is 2.00 bits per heavy atom. The number of aromatic nitrogens is 2. The average Bonchev–Trinajstić information content (AvgIpc) is 3.26. The summed E-state index contributed by atoms with van der Waals surface area (Å²) in [6, 6.07) is 12.6. The molecule has 0 aliphatic carbocycles. The maximum Gasteiger partial charge on any atom is 0.326 e. The van der Waals surface area contributed by atoms with E-state index in [1.807, 2.05) is 29.2 Å². The maximum atomic E-state index is 13.2. The maximum absolute atomic E-state index is 13.2. The van der Waals surface area contributed by atoms with Crippen LogP contribution in [0.4, 0.5) is 22.0 Å². The van der Waals surface area contributed by atoms with Gasteiger partial charge in [0.25, 0.3) is 5.91 Å². The van der Waals surface area contributed by atoms with Gasteiger partial charge in [-0.15, -0.1) is 0 Å². The first-order chi connectivity index (χ1) is 15.6. The number of hydrogen-bond donors (Lipinski definition) is 2. The first-order valence-electron chi connectivity index (χ1n) is 10.4. The number of amides is 2. The molecule has 0 saturated heterocycles. The van der Waals surface area contributed by atoms with Gasteiger partial charge in [-0.05, 0) is 30.2 Å². The van der Waals surface area contributed by atoms with Crippen molar-refractivity contribution in [3.63, 3.8) is 0 Å². The quantitative estimate of drug-likeness (QED) is 0.649. The first-order valence-corrected chi connectivity index (χ1v) is 10.4. The van der Waals surface area contributed by atoms with E-state index < -0.39 is 0 Å². The number of pyridine rings is 2. The predicted molar refractivity (Wildman–Crippen MR) is 119 cm³/mol. The molecule has 2 aliphatic heterocycles.